The van der Waals surface area contributed by atoms with Gasteiger partial charge in [-0.25, -0.2) is 9.97 Å². The second kappa shape index (κ2) is 4.68. The average molecular weight is 253 g/mol. The first-order chi connectivity index (χ1) is 9.28. The zero-order chi connectivity index (χ0) is 13.2. The molecule has 96 valence electrons. The number of anilines is 1. The Morgan fingerprint density at radius 2 is 2.00 bits per heavy atom. The Labute approximate surface area is 111 Å². The van der Waals surface area contributed by atoms with Gasteiger partial charge in [0, 0.05) is 6.42 Å². The molecular weight excluding hydrogens is 238 g/mol. The number of para-hydroxylation sites is 2. The van der Waals surface area contributed by atoms with Gasteiger partial charge in [0.15, 0.2) is 0 Å². The van der Waals surface area contributed by atoms with Crippen molar-refractivity contribution in [3.8, 4) is 0 Å². The van der Waals surface area contributed by atoms with Crippen molar-refractivity contribution in [3.63, 3.8) is 0 Å². The summed E-state index contributed by atoms with van der Waals surface area (Å²) in [6, 6.07) is 8.13. The standard InChI is InChI=1S/C14H15N5/c1-2-14-18-11-5-3-4-6-12(11)19(14)9-10-7-17-13(15)8-16-10/h3-8H,2,9H2,1H3,(H2,15,17). The Hall–Kier alpha value is -2.43. The van der Waals surface area contributed by atoms with Gasteiger partial charge in [0.05, 0.1) is 35.7 Å². The lowest BCUT2D eigenvalue weighted by atomic mass is 10.3. The minimum Gasteiger partial charge on any atom is -0.382 e. The lowest BCUT2D eigenvalue weighted by Gasteiger charge is -2.07. The largest absolute Gasteiger partial charge is 0.382 e. The second-order valence-corrected chi connectivity index (χ2v) is 4.39. The highest BCUT2D eigenvalue weighted by Crippen LogP contribution is 2.17. The zero-order valence-corrected chi connectivity index (χ0v) is 10.7. The van der Waals surface area contributed by atoms with E-state index in [0.717, 1.165) is 29.0 Å². The van der Waals surface area contributed by atoms with Gasteiger partial charge >= 0.3 is 0 Å². The van der Waals surface area contributed by atoms with Crippen molar-refractivity contribution in [2.75, 3.05) is 5.73 Å². The molecule has 3 aromatic rings. The highest BCUT2D eigenvalue weighted by molar-refractivity contribution is 5.76. The monoisotopic (exact) mass is 253 g/mol. The van der Waals surface area contributed by atoms with Crippen LogP contribution in [-0.2, 0) is 13.0 Å². The first kappa shape index (κ1) is 11.6. The summed E-state index contributed by atoms with van der Waals surface area (Å²) in [7, 11) is 0. The van der Waals surface area contributed by atoms with Crippen molar-refractivity contribution in [2.45, 2.75) is 19.9 Å². The van der Waals surface area contributed by atoms with Crippen LogP contribution in [0.15, 0.2) is 36.7 Å². The molecule has 0 bridgehead atoms. The highest BCUT2D eigenvalue weighted by Gasteiger charge is 2.09. The van der Waals surface area contributed by atoms with E-state index in [-0.39, 0.29) is 0 Å². The normalized spacial score (nSPS) is 11.0. The molecule has 0 saturated heterocycles. The van der Waals surface area contributed by atoms with Gasteiger partial charge in [-0.05, 0) is 12.1 Å². The fraction of sp³-hybridized carbons (Fsp3) is 0.214. The number of hydrogen-bond acceptors (Lipinski definition) is 4. The van der Waals surface area contributed by atoms with Crippen molar-refractivity contribution in [3.05, 3.63) is 48.2 Å². The van der Waals surface area contributed by atoms with Gasteiger partial charge in [0.25, 0.3) is 0 Å². The van der Waals surface area contributed by atoms with Gasteiger partial charge in [-0.2, -0.15) is 0 Å². The number of benzene rings is 1. The van der Waals surface area contributed by atoms with Crippen LogP contribution in [0.25, 0.3) is 11.0 Å². The van der Waals surface area contributed by atoms with E-state index in [2.05, 4.69) is 32.5 Å². The Morgan fingerprint density at radius 3 is 2.74 bits per heavy atom. The Kier molecular flexibility index (Phi) is 2.87. The number of aromatic nitrogens is 4. The molecule has 0 unspecified atom stereocenters. The molecule has 0 atom stereocenters. The average Bonchev–Trinajstić information content (AvgIpc) is 2.79. The molecule has 0 aliphatic carbocycles. The maximum absolute atomic E-state index is 5.55. The van der Waals surface area contributed by atoms with Crippen molar-refractivity contribution >= 4 is 16.9 Å². The summed E-state index contributed by atoms with van der Waals surface area (Å²) in [5.41, 5.74) is 8.58. The molecule has 0 spiro atoms. The van der Waals surface area contributed by atoms with Crippen LogP contribution in [0.4, 0.5) is 5.82 Å². The molecule has 3 rings (SSSR count). The van der Waals surface area contributed by atoms with E-state index in [1.54, 1.807) is 12.4 Å². The highest BCUT2D eigenvalue weighted by atomic mass is 15.1. The van der Waals surface area contributed by atoms with Crippen LogP contribution in [0, 0.1) is 0 Å². The summed E-state index contributed by atoms with van der Waals surface area (Å²) in [5.74, 6) is 1.50. The molecule has 2 N–H and O–H groups in total. The minimum absolute atomic E-state index is 0.440. The second-order valence-electron chi connectivity index (χ2n) is 4.39. The molecule has 2 aromatic heterocycles. The number of nitrogens with zero attached hydrogens (tertiary/aromatic N) is 4. The van der Waals surface area contributed by atoms with Crippen LogP contribution in [0.3, 0.4) is 0 Å². The number of nitrogens with two attached hydrogens (primary N) is 1. The van der Waals surface area contributed by atoms with Gasteiger partial charge in [-0.3, -0.25) is 4.98 Å². The smallest absolute Gasteiger partial charge is 0.141 e. The van der Waals surface area contributed by atoms with E-state index in [1.165, 1.54) is 0 Å². The summed E-state index contributed by atoms with van der Waals surface area (Å²) >= 11 is 0. The van der Waals surface area contributed by atoms with Crippen molar-refractivity contribution < 1.29 is 0 Å². The first-order valence-corrected chi connectivity index (χ1v) is 6.28. The van der Waals surface area contributed by atoms with E-state index in [0.29, 0.717) is 12.4 Å². The third kappa shape index (κ3) is 2.14. The topological polar surface area (TPSA) is 69.6 Å². The van der Waals surface area contributed by atoms with E-state index in [4.69, 9.17) is 5.73 Å². The number of fused-ring (bicyclic) bond motifs is 1. The maximum Gasteiger partial charge on any atom is 0.141 e. The summed E-state index contributed by atoms with van der Waals surface area (Å²) in [4.78, 5) is 13.0. The SMILES string of the molecule is CCc1nc2ccccc2n1Cc1cnc(N)cn1. The van der Waals surface area contributed by atoms with Gasteiger partial charge in [-0.15, -0.1) is 0 Å². The fourth-order valence-corrected chi connectivity index (χ4v) is 2.18. The zero-order valence-electron chi connectivity index (χ0n) is 10.7. The molecule has 2 heterocycles. The summed E-state index contributed by atoms with van der Waals surface area (Å²) in [5, 5.41) is 0. The lowest BCUT2D eigenvalue weighted by Crippen LogP contribution is -2.06. The van der Waals surface area contributed by atoms with Crippen LogP contribution in [0.1, 0.15) is 18.4 Å². The predicted molar refractivity (Wildman–Crippen MR) is 74.7 cm³/mol. The molecule has 0 fully saturated rings. The number of nitrogen functional groups attached to an aromatic ring is 1. The van der Waals surface area contributed by atoms with Crippen molar-refractivity contribution in [2.24, 2.45) is 0 Å². The van der Waals surface area contributed by atoms with Crippen LogP contribution >= 0.6 is 0 Å². The van der Waals surface area contributed by atoms with Gasteiger partial charge < -0.3 is 10.3 Å². The van der Waals surface area contributed by atoms with E-state index in [9.17, 15) is 0 Å². The fourth-order valence-electron chi connectivity index (χ4n) is 2.18. The van der Waals surface area contributed by atoms with Gasteiger partial charge in [0.2, 0.25) is 0 Å². The van der Waals surface area contributed by atoms with Crippen LogP contribution in [-0.4, -0.2) is 19.5 Å². The summed E-state index contributed by atoms with van der Waals surface area (Å²) in [6.45, 7) is 2.77. The third-order valence-electron chi connectivity index (χ3n) is 3.10. The number of aryl methyl sites for hydroxylation is 1. The molecule has 1 aromatic carbocycles. The van der Waals surface area contributed by atoms with Gasteiger partial charge in [0.1, 0.15) is 11.6 Å². The quantitative estimate of drug-likeness (QED) is 0.775. The van der Waals surface area contributed by atoms with Crippen LogP contribution in [0.2, 0.25) is 0 Å². The van der Waals surface area contributed by atoms with Crippen LogP contribution in [0.5, 0.6) is 0 Å². The minimum atomic E-state index is 0.440. The predicted octanol–water partition coefficient (Wildman–Crippen LogP) is 2.02. The molecular formula is C14H15N5. The molecule has 0 aliphatic heterocycles. The Morgan fingerprint density at radius 1 is 1.16 bits per heavy atom. The van der Waals surface area contributed by atoms with Gasteiger partial charge in [-0.1, -0.05) is 19.1 Å². The summed E-state index contributed by atoms with van der Waals surface area (Å²) < 4.78 is 2.18. The molecule has 0 aliphatic rings. The number of hydrogen-bond donors (Lipinski definition) is 1. The molecule has 0 radical (unpaired) electrons. The number of imidazole rings is 1. The van der Waals surface area contributed by atoms with E-state index >= 15 is 0 Å². The molecule has 5 heteroatoms. The molecule has 0 amide bonds. The lowest BCUT2D eigenvalue weighted by molar-refractivity contribution is 0.733. The van der Waals surface area contributed by atoms with E-state index < -0.39 is 0 Å². The molecule has 19 heavy (non-hydrogen) atoms. The first-order valence-electron chi connectivity index (χ1n) is 6.28. The van der Waals surface area contributed by atoms with E-state index in [1.807, 2.05) is 18.2 Å². The van der Waals surface area contributed by atoms with Crippen molar-refractivity contribution in [1.82, 2.24) is 19.5 Å². The summed E-state index contributed by atoms with van der Waals surface area (Å²) in [6.07, 6.45) is 4.18. The Bertz CT molecular complexity index is 699. The third-order valence-corrected chi connectivity index (χ3v) is 3.10. The Balaban J connectivity index is 2.06. The molecule has 5 nitrogen and oxygen atoms in total. The van der Waals surface area contributed by atoms with Crippen molar-refractivity contribution in [1.29, 1.82) is 0 Å². The van der Waals surface area contributed by atoms with Crippen LogP contribution < -0.4 is 5.73 Å². The maximum atomic E-state index is 5.55. The molecule has 0 saturated carbocycles. The number of rotatable bonds is 3.